The molecule has 2 aliphatic heterocycles. The number of carbonyl (C=O) groups is 1. The van der Waals surface area contributed by atoms with Gasteiger partial charge in [-0.15, -0.1) is 0 Å². The van der Waals surface area contributed by atoms with E-state index >= 15 is 0 Å². The van der Waals surface area contributed by atoms with E-state index in [4.69, 9.17) is 15.2 Å². The highest BCUT2D eigenvalue weighted by atomic mass is 16.5. The van der Waals surface area contributed by atoms with Crippen LogP contribution in [0.2, 0.25) is 0 Å². The van der Waals surface area contributed by atoms with Crippen LogP contribution in [0.15, 0.2) is 35.7 Å². The molecular weight excluding hydrogens is 268 g/mol. The predicted octanol–water partition coefficient (Wildman–Crippen LogP) is 1.59. The summed E-state index contributed by atoms with van der Waals surface area (Å²) in [4.78, 5) is 15.7. The molecule has 0 aromatic carbocycles. The largest absolute Gasteiger partial charge is 0.480 e. The van der Waals surface area contributed by atoms with Gasteiger partial charge in [-0.05, 0) is 17.7 Å². The molecular formula is C16H16N2O3. The van der Waals surface area contributed by atoms with Crippen LogP contribution in [0.3, 0.4) is 0 Å². The molecule has 1 aromatic heterocycles. The van der Waals surface area contributed by atoms with Gasteiger partial charge in [0, 0.05) is 42.2 Å². The van der Waals surface area contributed by atoms with E-state index in [1.807, 2.05) is 12.1 Å². The first-order valence-electron chi connectivity index (χ1n) is 7.15. The lowest BCUT2D eigenvalue weighted by atomic mass is 9.80. The van der Waals surface area contributed by atoms with Crippen molar-refractivity contribution in [3.8, 4) is 5.75 Å². The SMILES string of the molecule is NC(=O)C1=CC2=C(C1)c1ccncc1OC21CCOCC1. The molecule has 1 fully saturated rings. The summed E-state index contributed by atoms with van der Waals surface area (Å²) < 4.78 is 11.8. The molecule has 1 aliphatic carbocycles. The fourth-order valence-electron chi connectivity index (χ4n) is 3.45. The number of amides is 1. The number of primary amides is 1. The number of nitrogens with two attached hydrogens (primary N) is 1. The van der Waals surface area contributed by atoms with Gasteiger partial charge in [-0.2, -0.15) is 0 Å². The Bertz CT molecular complexity index is 685. The number of rotatable bonds is 1. The van der Waals surface area contributed by atoms with Crippen LogP contribution in [0.25, 0.3) is 5.57 Å². The van der Waals surface area contributed by atoms with Crippen LogP contribution >= 0.6 is 0 Å². The van der Waals surface area contributed by atoms with E-state index in [1.165, 1.54) is 0 Å². The maximum absolute atomic E-state index is 11.6. The van der Waals surface area contributed by atoms with Crippen LogP contribution in [0.1, 0.15) is 24.8 Å². The molecule has 4 rings (SSSR count). The molecule has 5 heteroatoms. The van der Waals surface area contributed by atoms with Crippen molar-refractivity contribution in [3.05, 3.63) is 41.2 Å². The molecule has 0 atom stereocenters. The second-order valence-corrected chi connectivity index (χ2v) is 5.68. The summed E-state index contributed by atoms with van der Waals surface area (Å²) in [6, 6.07) is 1.94. The number of pyridine rings is 1. The third-order valence-electron chi connectivity index (χ3n) is 4.53. The summed E-state index contributed by atoms with van der Waals surface area (Å²) in [6.07, 6.45) is 7.56. The summed E-state index contributed by atoms with van der Waals surface area (Å²) >= 11 is 0. The summed E-state index contributed by atoms with van der Waals surface area (Å²) in [5, 5.41) is 0. The Labute approximate surface area is 122 Å². The van der Waals surface area contributed by atoms with Crippen molar-refractivity contribution >= 4 is 11.5 Å². The number of fused-ring (bicyclic) bond motifs is 3. The maximum atomic E-state index is 11.6. The number of hydrogen-bond donors (Lipinski definition) is 1. The Morgan fingerprint density at radius 2 is 2.14 bits per heavy atom. The first-order valence-corrected chi connectivity index (χ1v) is 7.15. The number of ether oxygens (including phenoxy) is 2. The zero-order valence-electron chi connectivity index (χ0n) is 11.6. The second-order valence-electron chi connectivity index (χ2n) is 5.68. The summed E-state index contributed by atoms with van der Waals surface area (Å²) in [7, 11) is 0. The van der Waals surface area contributed by atoms with E-state index < -0.39 is 5.60 Å². The van der Waals surface area contributed by atoms with Crippen LogP contribution in [-0.4, -0.2) is 29.7 Å². The van der Waals surface area contributed by atoms with Crippen LogP contribution < -0.4 is 10.5 Å². The quantitative estimate of drug-likeness (QED) is 0.850. The van der Waals surface area contributed by atoms with Gasteiger partial charge < -0.3 is 15.2 Å². The minimum atomic E-state index is -0.402. The van der Waals surface area contributed by atoms with Crippen molar-refractivity contribution in [2.24, 2.45) is 5.73 Å². The van der Waals surface area contributed by atoms with Gasteiger partial charge in [0.25, 0.3) is 0 Å². The van der Waals surface area contributed by atoms with Crippen molar-refractivity contribution in [1.82, 2.24) is 4.98 Å². The minimum absolute atomic E-state index is 0.359. The van der Waals surface area contributed by atoms with Gasteiger partial charge in [0.15, 0.2) is 0 Å². The van der Waals surface area contributed by atoms with E-state index in [0.717, 1.165) is 35.3 Å². The monoisotopic (exact) mass is 284 g/mol. The smallest absolute Gasteiger partial charge is 0.244 e. The first-order chi connectivity index (χ1) is 10.2. The number of aromatic nitrogens is 1. The molecule has 2 N–H and O–H groups in total. The Kier molecular flexibility index (Phi) is 2.65. The minimum Gasteiger partial charge on any atom is -0.480 e. The highest BCUT2D eigenvalue weighted by Gasteiger charge is 2.45. The van der Waals surface area contributed by atoms with Gasteiger partial charge in [0.1, 0.15) is 11.4 Å². The molecule has 0 unspecified atom stereocenters. The maximum Gasteiger partial charge on any atom is 0.244 e. The lowest BCUT2D eigenvalue weighted by Gasteiger charge is -2.42. The second kappa shape index (κ2) is 4.43. The molecule has 5 nitrogen and oxygen atoms in total. The third-order valence-corrected chi connectivity index (χ3v) is 4.53. The third kappa shape index (κ3) is 1.81. The lowest BCUT2D eigenvalue weighted by molar-refractivity contribution is -0.114. The van der Waals surface area contributed by atoms with Gasteiger partial charge in [-0.3, -0.25) is 9.78 Å². The fraction of sp³-hybridized carbons (Fsp3) is 0.375. The van der Waals surface area contributed by atoms with Crippen molar-refractivity contribution in [2.75, 3.05) is 13.2 Å². The van der Waals surface area contributed by atoms with Crippen molar-refractivity contribution < 1.29 is 14.3 Å². The van der Waals surface area contributed by atoms with E-state index in [1.54, 1.807) is 12.4 Å². The molecule has 1 saturated heterocycles. The Balaban J connectivity index is 1.87. The molecule has 108 valence electrons. The predicted molar refractivity (Wildman–Crippen MR) is 76.5 cm³/mol. The Morgan fingerprint density at radius 1 is 1.33 bits per heavy atom. The van der Waals surface area contributed by atoms with E-state index in [2.05, 4.69) is 4.98 Å². The highest BCUT2D eigenvalue weighted by Crippen LogP contribution is 2.50. The molecule has 3 aliphatic rings. The summed E-state index contributed by atoms with van der Waals surface area (Å²) in [5.41, 5.74) is 8.99. The summed E-state index contributed by atoms with van der Waals surface area (Å²) in [6.45, 7) is 1.32. The van der Waals surface area contributed by atoms with Gasteiger partial charge in [-0.1, -0.05) is 0 Å². The Morgan fingerprint density at radius 3 is 2.90 bits per heavy atom. The number of carbonyl (C=O) groups excluding carboxylic acids is 1. The van der Waals surface area contributed by atoms with E-state index in [9.17, 15) is 4.79 Å². The van der Waals surface area contributed by atoms with Gasteiger partial charge in [0.05, 0.1) is 19.4 Å². The van der Waals surface area contributed by atoms with Crippen LogP contribution in [0, 0.1) is 0 Å². The number of hydrogen-bond acceptors (Lipinski definition) is 4. The van der Waals surface area contributed by atoms with Crippen molar-refractivity contribution in [2.45, 2.75) is 24.9 Å². The van der Waals surface area contributed by atoms with Crippen LogP contribution in [0.4, 0.5) is 0 Å². The van der Waals surface area contributed by atoms with Crippen molar-refractivity contribution in [1.29, 1.82) is 0 Å². The van der Waals surface area contributed by atoms with Gasteiger partial charge in [-0.25, -0.2) is 0 Å². The van der Waals surface area contributed by atoms with E-state index in [-0.39, 0.29) is 5.91 Å². The van der Waals surface area contributed by atoms with Crippen LogP contribution in [-0.2, 0) is 9.53 Å². The number of nitrogens with zero attached hydrogens (tertiary/aromatic N) is 1. The lowest BCUT2D eigenvalue weighted by Crippen LogP contribution is -2.45. The van der Waals surface area contributed by atoms with Crippen molar-refractivity contribution in [3.63, 3.8) is 0 Å². The summed E-state index contributed by atoms with van der Waals surface area (Å²) in [5.74, 6) is 0.430. The first kappa shape index (κ1) is 12.6. The fourth-order valence-corrected chi connectivity index (χ4v) is 3.45. The topological polar surface area (TPSA) is 74.4 Å². The van der Waals surface area contributed by atoms with Gasteiger partial charge >= 0.3 is 0 Å². The van der Waals surface area contributed by atoms with Crippen LogP contribution in [0.5, 0.6) is 5.75 Å². The molecule has 0 saturated carbocycles. The molecule has 1 aromatic rings. The highest BCUT2D eigenvalue weighted by molar-refractivity contribution is 5.99. The average Bonchev–Trinajstić information content (AvgIpc) is 2.95. The molecule has 1 spiro atoms. The molecule has 0 bridgehead atoms. The zero-order chi connectivity index (χ0) is 14.4. The molecule has 0 radical (unpaired) electrons. The molecule has 3 heterocycles. The zero-order valence-corrected chi connectivity index (χ0v) is 11.6. The van der Waals surface area contributed by atoms with E-state index in [0.29, 0.717) is 25.2 Å². The molecule has 21 heavy (non-hydrogen) atoms. The normalized spacial score (nSPS) is 22.4. The standard InChI is InChI=1S/C16H16N2O3/c17-15(19)10-7-12-11-1-4-18-9-14(11)21-16(13(12)8-10)2-5-20-6-3-16/h1,4,8-9H,2-3,5-7H2,(H2,17,19). The molecule has 1 amide bonds. The van der Waals surface area contributed by atoms with Gasteiger partial charge in [0.2, 0.25) is 5.91 Å². The Hall–Kier alpha value is -2.14. The number of allylic oxidation sites excluding steroid dienone is 1. The average molecular weight is 284 g/mol.